The second-order valence-electron chi connectivity index (χ2n) is 5.47. The van der Waals surface area contributed by atoms with Crippen molar-refractivity contribution in [2.45, 2.75) is 51.5 Å². The van der Waals surface area contributed by atoms with Crippen LogP contribution in [0.4, 0.5) is 0 Å². The Hall–Kier alpha value is -1.13. The summed E-state index contributed by atoms with van der Waals surface area (Å²) < 4.78 is 0. The van der Waals surface area contributed by atoms with Crippen LogP contribution in [0.2, 0.25) is 0 Å². The van der Waals surface area contributed by atoms with Gasteiger partial charge in [0.15, 0.2) is 0 Å². The molecule has 1 rings (SSSR count). The van der Waals surface area contributed by atoms with Crippen molar-refractivity contribution >= 4 is 5.91 Å². The fourth-order valence-corrected chi connectivity index (χ4v) is 2.29. The Morgan fingerprint density at radius 3 is 2.71 bits per heavy atom. The lowest BCUT2D eigenvalue weighted by atomic mass is 10.1. The first-order chi connectivity index (χ1) is 10.3. The SMILES string of the molecule is CC/C=C/C/C=C/C1CC(=O)NCCCNCCCCN1. The molecule has 0 aliphatic carbocycles. The van der Waals surface area contributed by atoms with Gasteiger partial charge in [-0.25, -0.2) is 0 Å². The molecule has 3 N–H and O–H groups in total. The third-order valence-corrected chi connectivity index (χ3v) is 3.49. The minimum Gasteiger partial charge on any atom is -0.356 e. The molecule has 1 unspecified atom stereocenters. The summed E-state index contributed by atoms with van der Waals surface area (Å²) >= 11 is 0. The van der Waals surface area contributed by atoms with Crippen LogP contribution in [0.3, 0.4) is 0 Å². The zero-order valence-electron chi connectivity index (χ0n) is 13.4. The number of hydrogen-bond donors (Lipinski definition) is 3. The lowest BCUT2D eigenvalue weighted by Gasteiger charge is -2.14. The van der Waals surface area contributed by atoms with E-state index in [9.17, 15) is 4.79 Å². The van der Waals surface area contributed by atoms with Crippen LogP contribution in [0.5, 0.6) is 0 Å². The summed E-state index contributed by atoms with van der Waals surface area (Å²) in [6.07, 6.45) is 14.5. The molecule has 120 valence electrons. The maximum absolute atomic E-state index is 11.9. The minimum atomic E-state index is 0.139. The number of hydrogen-bond acceptors (Lipinski definition) is 3. The van der Waals surface area contributed by atoms with Crippen molar-refractivity contribution < 1.29 is 4.79 Å². The molecule has 1 heterocycles. The first kappa shape index (κ1) is 17.9. The quantitative estimate of drug-likeness (QED) is 0.696. The van der Waals surface area contributed by atoms with Crippen LogP contribution in [0.15, 0.2) is 24.3 Å². The highest BCUT2D eigenvalue weighted by molar-refractivity contribution is 5.76. The Balaban J connectivity index is 2.42. The van der Waals surface area contributed by atoms with Gasteiger partial charge in [-0.15, -0.1) is 0 Å². The van der Waals surface area contributed by atoms with Crippen molar-refractivity contribution in [1.82, 2.24) is 16.0 Å². The molecule has 4 nitrogen and oxygen atoms in total. The maximum Gasteiger partial charge on any atom is 0.221 e. The van der Waals surface area contributed by atoms with Crippen LogP contribution in [0, 0.1) is 0 Å². The molecular formula is C17H31N3O. The average Bonchev–Trinajstić information content (AvgIpc) is 2.49. The normalized spacial score (nSPS) is 23.5. The molecule has 1 aliphatic heterocycles. The predicted molar refractivity (Wildman–Crippen MR) is 89.3 cm³/mol. The van der Waals surface area contributed by atoms with Crippen LogP contribution in [-0.2, 0) is 4.79 Å². The number of carbonyl (C=O) groups is 1. The maximum atomic E-state index is 11.9. The molecule has 0 aromatic heterocycles. The van der Waals surface area contributed by atoms with Gasteiger partial charge in [-0.3, -0.25) is 4.79 Å². The van der Waals surface area contributed by atoms with Crippen molar-refractivity contribution in [2.75, 3.05) is 26.2 Å². The molecule has 0 saturated carbocycles. The Morgan fingerprint density at radius 1 is 1.05 bits per heavy atom. The summed E-state index contributed by atoms with van der Waals surface area (Å²) in [4.78, 5) is 11.9. The fourth-order valence-electron chi connectivity index (χ4n) is 2.29. The van der Waals surface area contributed by atoms with Gasteiger partial charge in [0.1, 0.15) is 0 Å². The minimum absolute atomic E-state index is 0.139. The Labute approximate surface area is 129 Å². The van der Waals surface area contributed by atoms with E-state index in [0.717, 1.165) is 51.9 Å². The molecule has 1 aliphatic rings. The van der Waals surface area contributed by atoms with Gasteiger partial charge in [-0.1, -0.05) is 31.2 Å². The first-order valence-electron chi connectivity index (χ1n) is 8.35. The van der Waals surface area contributed by atoms with Gasteiger partial charge in [0.05, 0.1) is 0 Å². The van der Waals surface area contributed by atoms with Crippen LogP contribution < -0.4 is 16.0 Å². The van der Waals surface area contributed by atoms with Gasteiger partial charge < -0.3 is 16.0 Å². The molecule has 1 fully saturated rings. The summed E-state index contributed by atoms with van der Waals surface area (Å²) in [7, 11) is 0. The Kier molecular flexibility index (Phi) is 10.8. The van der Waals surface area contributed by atoms with Crippen molar-refractivity contribution in [3.05, 3.63) is 24.3 Å². The number of amides is 1. The molecule has 0 spiro atoms. The van der Waals surface area contributed by atoms with Gasteiger partial charge in [-0.05, 0) is 51.7 Å². The molecule has 0 aromatic carbocycles. The fraction of sp³-hybridized carbons (Fsp3) is 0.706. The molecule has 1 saturated heterocycles. The smallest absolute Gasteiger partial charge is 0.221 e. The second-order valence-corrected chi connectivity index (χ2v) is 5.47. The average molecular weight is 293 g/mol. The van der Waals surface area contributed by atoms with E-state index in [1.54, 1.807) is 0 Å². The van der Waals surface area contributed by atoms with E-state index in [1.165, 1.54) is 6.42 Å². The highest BCUT2D eigenvalue weighted by Gasteiger charge is 2.10. The summed E-state index contributed by atoms with van der Waals surface area (Å²) in [6.45, 7) is 5.92. The lowest BCUT2D eigenvalue weighted by molar-refractivity contribution is -0.121. The van der Waals surface area contributed by atoms with E-state index >= 15 is 0 Å². The molecule has 4 heteroatoms. The number of rotatable bonds is 4. The Morgan fingerprint density at radius 2 is 1.86 bits per heavy atom. The van der Waals surface area contributed by atoms with Crippen molar-refractivity contribution in [3.8, 4) is 0 Å². The van der Waals surface area contributed by atoms with Gasteiger partial charge in [0, 0.05) is 19.0 Å². The summed E-state index contributed by atoms with van der Waals surface area (Å²) in [5.74, 6) is 0.139. The Bertz CT molecular complexity index is 326. The summed E-state index contributed by atoms with van der Waals surface area (Å²) in [6, 6.07) is 0.147. The molecule has 0 bridgehead atoms. The van der Waals surface area contributed by atoms with Crippen LogP contribution in [-0.4, -0.2) is 38.1 Å². The molecule has 1 atom stereocenters. The second kappa shape index (κ2) is 12.6. The van der Waals surface area contributed by atoms with E-state index in [0.29, 0.717) is 6.42 Å². The molecule has 21 heavy (non-hydrogen) atoms. The van der Waals surface area contributed by atoms with Crippen molar-refractivity contribution in [1.29, 1.82) is 0 Å². The zero-order chi connectivity index (χ0) is 15.2. The number of carbonyl (C=O) groups excluding carboxylic acids is 1. The van der Waals surface area contributed by atoms with Gasteiger partial charge in [0.25, 0.3) is 0 Å². The van der Waals surface area contributed by atoms with E-state index in [1.807, 2.05) is 0 Å². The topological polar surface area (TPSA) is 53.2 Å². The van der Waals surface area contributed by atoms with E-state index in [-0.39, 0.29) is 11.9 Å². The molecular weight excluding hydrogens is 262 g/mol. The van der Waals surface area contributed by atoms with E-state index in [2.05, 4.69) is 47.2 Å². The lowest BCUT2D eigenvalue weighted by Crippen LogP contribution is -2.35. The van der Waals surface area contributed by atoms with Crippen molar-refractivity contribution in [2.24, 2.45) is 0 Å². The highest BCUT2D eigenvalue weighted by Crippen LogP contribution is 1.99. The molecule has 0 aromatic rings. The summed E-state index contributed by atoms with van der Waals surface area (Å²) in [5.41, 5.74) is 0. The zero-order valence-corrected chi connectivity index (χ0v) is 13.4. The monoisotopic (exact) mass is 293 g/mol. The van der Waals surface area contributed by atoms with E-state index < -0.39 is 0 Å². The van der Waals surface area contributed by atoms with Gasteiger partial charge in [0.2, 0.25) is 5.91 Å². The molecule has 0 radical (unpaired) electrons. The third-order valence-electron chi connectivity index (χ3n) is 3.49. The number of nitrogens with one attached hydrogen (secondary N) is 3. The molecule has 1 amide bonds. The third kappa shape index (κ3) is 10.3. The van der Waals surface area contributed by atoms with Gasteiger partial charge in [-0.2, -0.15) is 0 Å². The van der Waals surface area contributed by atoms with Crippen molar-refractivity contribution in [3.63, 3.8) is 0 Å². The van der Waals surface area contributed by atoms with Gasteiger partial charge >= 0.3 is 0 Å². The van der Waals surface area contributed by atoms with E-state index in [4.69, 9.17) is 0 Å². The standard InChI is InChI=1S/C17H31N3O/c1-2-3-4-5-6-10-16-15-17(21)20-14-9-12-18-11-7-8-13-19-16/h3-4,6,10,16,18-19H,2,5,7-9,11-15H2,1H3,(H,20,21)/b4-3+,10-6+. The first-order valence-corrected chi connectivity index (χ1v) is 8.35. The predicted octanol–water partition coefficient (Wildman–Crippen LogP) is 2.14. The number of allylic oxidation sites excluding steroid dienone is 3. The van der Waals surface area contributed by atoms with Crippen LogP contribution >= 0.6 is 0 Å². The van der Waals surface area contributed by atoms with Crippen LogP contribution in [0.1, 0.15) is 45.4 Å². The highest BCUT2D eigenvalue weighted by atomic mass is 16.1. The van der Waals surface area contributed by atoms with Crippen LogP contribution in [0.25, 0.3) is 0 Å². The largest absolute Gasteiger partial charge is 0.356 e. The summed E-state index contributed by atoms with van der Waals surface area (Å²) in [5, 5.41) is 9.88.